The fourth-order valence-corrected chi connectivity index (χ4v) is 2.62. The number of benzene rings is 1. The molecule has 5 heteroatoms. The molecule has 23 heavy (non-hydrogen) atoms. The first-order chi connectivity index (χ1) is 11.1. The lowest BCUT2D eigenvalue weighted by atomic mass is 10.1. The number of halogens is 1. The number of hydrogen-bond donors (Lipinski definition) is 1. The number of nitrogens with one attached hydrogen (secondary N) is 1. The van der Waals surface area contributed by atoms with Crippen molar-refractivity contribution in [2.75, 3.05) is 7.11 Å². The number of carbonyl (C=O) groups excluding carboxylic acids is 2. The molecule has 0 saturated carbocycles. The van der Waals surface area contributed by atoms with Crippen LogP contribution in [0.1, 0.15) is 62.2 Å². The van der Waals surface area contributed by atoms with Crippen molar-refractivity contribution in [1.29, 1.82) is 0 Å². The Labute approximate surface area is 143 Å². The summed E-state index contributed by atoms with van der Waals surface area (Å²) < 4.78 is 4.79. The second-order valence-electron chi connectivity index (χ2n) is 5.59. The fourth-order valence-electron chi connectivity index (χ4n) is 2.40. The van der Waals surface area contributed by atoms with E-state index in [1.165, 1.54) is 26.4 Å². The highest BCUT2D eigenvalue weighted by Crippen LogP contribution is 2.16. The molecule has 0 spiro atoms. The van der Waals surface area contributed by atoms with Crippen molar-refractivity contribution in [2.24, 2.45) is 0 Å². The van der Waals surface area contributed by atoms with Gasteiger partial charge in [-0.05, 0) is 18.6 Å². The Kier molecular flexibility index (Phi) is 9.37. The molecule has 0 aliphatic heterocycles. The van der Waals surface area contributed by atoms with Crippen molar-refractivity contribution in [3.63, 3.8) is 0 Å². The van der Waals surface area contributed by atoms with Gasteiger partial charge in [0.05, 0.1) is 17.7 Å². The zero-order chi connectivity index (χ0) is 17.1. The van der Waals surface area contributed by atoms with Crippen molar-refractivity contribution in [3.05, 3.63) is 34.9 Å². The number of carbonyl (C=O) groups is 2. The smallest absolute Gasteiger partial charge is 0.328 e. The summed E-state index contributed by atoms with van der Waals surface area (Å²) in [6.07, 6.45) is 7.32. The molecule has 1 aromatic carbocycles. The van der Waals surface area contributed by atoms with Gasteiger partial charge in [-0.3, -0.25) is 4.79 Å². The van der Waals surface area contributed by atoms with E-state index in [-0.39, 0.29) is 5.91 Å². The van der Waals surface area contributed by atoms with Crippen LogP contribution in [0.4, 0.5) is 0 Å². The van der Waals surface area contributed by atoms with Crippen LogP contribution in [0.25, 0.3) is 0 Å². The summed E-state index contributed by atoms with van der Waals surface area (Å²) in [5, 5.41) is 3.10. The first kappa shape index (κ1) is 19.5. The summed E-state index contributed by atoms with van der Waals surface area (Å²) in [4.78, 5) is 24.1. The third-order valence-electron chi connectivity index (χ3n) is 3.76. The van der Waals surface area contributed by atoms with E-state index in [0.717, 1.165) is 19.3 Å². The van der Waals surface area contributed by atoms with E-state index in [9.17, 15) is 9.59 Å². The van der Waals surface area contributed by atoms with Crippen LogP contribution in [0.3, 0.4) is 0 Å². The Hall–Kier alpha value is -1.55. The Balaban J connectivity index is 2.53. The lowest BCUT2D eigenvalue weighted by Crippen LogP contribution is -2.41. The lowest BCUT2D eigenvalue weighted by molar-refractivity contribution is -0.143. The topological polar surface area (TPSA) is 55.4 Å². The van der Waals surface area contributed by atoms with Crippen LogP contribution in [0.15, 0.2) is 24.3 Å². The van der Waals surface area contributed by atoms with Crippen LogP contribution in [0.5, 0.6) is 0 Å². The zero-order valence-electron chi connectivity index (χ0n) is 13.9. The van der Waals surface area contributed by atoms with Gasteiger partial charge in [-0.15, -0.1) is 0 Å². The maximum atomic E-state index is 12.3. The summed E-state index contributed by atoms with van der Waals surface area (Å²) in [5.74, 6) is -0.768. The molecule has 1 amide bonds. The largest absolute Gasteiger partial charge is 0.467 e. The highest BCUT2D eigenvalue weighted by Gasteiger charge is 2.22. The molecule has 0 bridgehead atoms. The van der Waals surface area contributed by atoms with E-state index in [2.05, 4.69) is 12.2 Å². The maximum Gasteiger partial charge on any atom is 0.328 e. The van der Waals surface area contributed by atoms with E-state index in [1.807, 2.05) is 0 Å². The molecule has 0 heterocycles. The van der Waals surface area contributed by atoms with Crippen LogP contribution in [-0.4, -0.2) is 25.0 Å². The zero-order valence-corrected chi connectivity index (χ0v) is 14.7. The van der Waals surface area contributed by atoms with Gasteiger partial charge in [0.15, 0.2) is 0 Å². The van der Waals surface area contributed by atoms with Crippen LogP contribution < -0.4 is 5.32 Å². The van der Waals surface area contributed by atoms with Crippen molar-refractivity contribution in [3.8, 4) is 0 Å². The number of esters is 1. The number of methoxy groups -OCH3 is 1. The van der Waals surface area contributed by atoms with E-state index in [4.69, 9.17) is 16.3 Å². The number of rotatable bonds is 10. The van der Waals surface area contributed by atoms with Gasteiger partial charge in [-0.2, -0.15) is 0 Å². The monoisotopic (exact) mass is 339 g/mol. The van der Waals surface area contributed by atoms with Gasteiger partial charge < -0.3 is 10.1 Å². The Morgan fingerprint density at radius 1 is 1.13 bits per heavy atom. The van der Waals surface area contributed by atoms with Gasteiger partial charge in [-0.1, -0.05) is 69.2 Å². The molecule has 0 aliphatic carbocycles. The van der Waals surface area contributed by atoms with Gasteiger partial charge in [0.2, 0.25) is 0 Å². The molecule has 0 radical (unpaired) electrons. The molecule has 0 fully saturated rings. The summed E-state index contributed by atoms with van der Waals surface area (Å²) in [7, 11) is 1.33. The van der Waals surface area contributed by atoms with Gasteiger partial charge in [0.1, 0.15) is 6.04 Å². The standard InChI is InChI=1S/C18H26ClNO3/c1-3-4-5-6-7-8-13-16(18(22)23-2)20-17(21)14-11-9-10-12-15(14)19/h9-12,16H,3-8,13H2,1-2H3,(H,20,21)/t16-/m1/s1. The molecule has 0 aromatic heterocycles. The predicted molar refractivity (Wildman–Crippen MR) is 92.7 cm³/mol. The summed E-state index contributed by atoms with van der Waals surface area (Å²) in [6, 6.07) is 6.15. The van der Waals surface area contributed by atoms with Gasteiger partial charge in [0.25, 0.3) is 5.91 Å². The SMILES string of the molecule is CCCCCCCC[C@@H](NC(=O)c1ccccc1Cl)C(=O)OC. The van der Waals surface area contributed by atoms with Crippen molar-refractivity contribution >= 4 is 23.5 Å². The van der Waals surface area contributed by atoms with Gasteiger partial charge in [-0.25, -0.2) is 4.79 Å². The Bertz CT molecular complexity index is 505. The Morgan fingerprint density at radius 3 is 2.43 bits per heavy atom. The highest BCUT2D eigenvalue weighted by atomic mass is 35.5. The summed E-state index contributed by atoms with van der Waals surface area (Å²) in [5.41, 5.74) is 0.367. The minimum Gasteiger partial charge on any atom is -0.467 e. The maximum absolute atomic E-state index is 12.3. The van der Waals surface area contributed by atoms with E-state index >= 15 is 0 Å². The number of hydrogen-bond acceptors (Lipinski definition) is 3. The normalized spacial score (nSPS) is 11.8. The molecule has 4 nitrogen and oxygen atoms in total. The fraction of sp³-hybridized carbons (Fsp3) is 0.556. The van der Waals surface area contributed by atoms with Gasteiger partial charge >= 0.3 is 5.97 Å². The van der Waals surface area contributed by atoms with E-state index in [1.54, 1.807) is 24.3 Å². The minimum atomic E-state index is -0.630. The molecule has 1 rings (SSSR count). The molecule has 0 unspecified atom stereocenters. The van der Waals surface area contributed by atoms with Crippen molar-refractivity contribution in [2.45, 2.75) is 57.9 Å². The average Bonchev–Trinajstić information content (AvgIpc) is 2.56. The molecule has 0 aliphatic rings. The van der Waals surface area contributed by atoms with Crippen LogP contribution in [0, 0.1) is 0 Å². The Morgan fingerprint density at radius 2 is 1.78 bits per heavy atom. The molecular weight excluding hydrogens is 314 g/mol. The molecule has 1 N–H and O–H groups in total. The summed E-state index contributed by atoms with van der Waals surface area (Å²) in [6.45, 7) is 2.18. The quantitative estimate of drug-likeness (QED) is 0.509. The lowest BCUT2D eigenvalue weighted by Gasteiger charge is -2.17. The average molecular weight is 340 g/mol. The van der Waals surface area contributed by atoms with E-state index < -0.39 is 12.0 Å². The minimum absolute atomic E-state index is 0.350. The molecule has 1 atom stereocenters. The first-order valence-corrected chi connectivity index (χ1v) is 8.61. The number of unbranched alkanes of at least 4 members (excludes halogenated alkanes) is 5. The van der Waals surface area contributed by atoms with Crippen LogP contribution in [-0.2, 0) is 9.53 Å². The third kappa shape index (κ3) is 7.04. The summed E-state index contributed by atoms with van der Waals surface area (Å²) >= 11 is 6.01. The number of amides is 1. The van der Waals surface area contributed by atoms with Crippen molar-refractivity contribution in [1.82, 2.24) is 5.32 Å². The second kappa shape index (κ2) is 11.1. The molecular formula is C18H26ClNO3. The first-order valence-electron chi connectivity index (χ1n) is 8.23. The van der Waals surface area contributed by atoms with Crippen LogP contribution >= 0.6 is 11.6 Å². The predicted octanol–water partition coefficient (Wildman–Crippen LogP) is 4.36. The molecule has 0 saturated heterocycles. The molecule has 128 valence electrons. The second-order valence-corrected chi connectivity index (χ2v) is 5.99. The van der Waals surface area contributed by atoms with E-state index in [0.29, 0.717) is 17.0 Å². The molecule has 1 aromatic rings. The van der Waals surface area contributed by atoms with Crippen LogP contribution in [0.2, 0.25) is 5.02 Å². The number of ether oxygens (including phenoxy) is 1. The highest BCUT2D eigenvalue weighted by molar-refractivity contribution is 6.33. The van der Waals surface area contributed by atoms with Crippen molar-refractivity contribution < 1.29 is 14.3 Å². The third-order valence-corrected chi connectivity index (χ3v) is 4.09. The van der Waals surface area contributed by atoms with Gasteiger partial charge in [0, 0.05) is 0 Å².